The molecule has 0 radical (unpaired) electrons. The van der Waals surface area contributed by atoms with Crippen LogP contribution in [0.4, 0.5) is 5.69 Å². The standard InChI is InChI=1S/C7H14.C6H7N/c1-7-5-3-2-4-6-7;7-6-4-2-1-3-5-6/h7H,2-6H2,1H3;1-5H,7H2. The number of hydrogen-bond acceptors (Lipinski definition) is 1. The molecule has 0 saturated heterocycles. The summed E-state index contributed by atoms with van der Waals surface area (Å²) in [6.07, 6.45) is 7.44. The number of nitrogen functional groups attached to an aromatic ring is 1. The van der Waals surface area contributed by atoms with Crippen LogP contribution in [0.1, 0.15) is 39.0 Å². The van der Waals surface area contributed by atoms with Gasteiger partial charge < -0.3 is 5.73 Å². The van der Waals surface area contributed by atoms with Gasteiger partial charge in [-0.05, 0) is 18.1 Å². The van der Waals surface area contributed by atoms with Gasteiger partial charge in [0.1, 0.15) is 0 Å². The minimum absolute atomic E-state index is 0.822. The van der Waals surface area contributed by atoms with Gasteiger partial charge in [-0.25, -0.2) is 0 Å². The molecule has 1 heteroatoms. The van der Waals surface area contributed by atoms with Gasteiger partial charge in [0.05, 0.1) is 0 Å². The molecule has 0 aromatic heterocycles. The van der Waals surface area contributed by atoms with Gasteiger partial charge in [0.2, 0.25) is 0 Å². The third-order valence-corrected chi connectivity index (χ3v) is 2.69. The summed E-state index contributed by atoms with van der Waals surface area (Å²) in [6, 6.07) is 9.49. The minimum Gasteiger partial charge on any atom is -0.399 e. The fraction of sp³-hybridized carbons (Fsp3) is 0.538. The number of rotatable bonds is 0. The summed E-state index contributed by atoms with van der Waals surface area (Å²) in [5.41, 5.74) is 6.18. The van der Waals surface area contributed by atoms with Crippen LogP contribution >= 0.6 is 0 Å². The predicted octanol–water partition coefficient (Wildman–Crippen LogP) is 3.86. The fourth-order valence-electron chi connectivity index (χ4n) is 1.76. The van der Waals surface area contributed by atoms with E-state index in [1.54, 1.807) is 0 Å². The van der Waals surface area contributed by atoms with E-state index in [-0.39, 0.29) is 0 Å². The van der Waals surface area contributed by atoms with Crippen molar-refractivity contribution in [2.75, 3.05) is 5.73 Å². The Labute approximate surface area is 87.3 Å². The quantitative estimate of drug-likeness (QED) is 0.619. The van der Waals surface area contributed by atoms with E-state index in [9.17, 15) is 0 Å². The largest absolute Gasteiger partial charge is 0.399 e. The van der Waals surface area contributed by atoms with Gasteiger partial charge in [0.25, 0.3) is 0 Å². The molecule has 1 saturated carbocycles. The lowest BCUT2D eigenvalue weighted by molar-refractivity contribution is 0.385. The van der Waals surface area contributed by atoms with E-state index >= 15 is 0 Å². The highest BCUT2D eigenvalue weighted by Gasteiger charge is 2.05. The Bertz CT molecular complexity index is 224. The van der Waals surface area contributed by atoms with Crippen LogP contribution in [-0.4, -0.2) is 0 Å². The van der Waals surface area contributed by atoms with Crippen LogP contribution in [0.2, 0.25) is 0 Å². The molecule has 0 amide bonds. The van der Waals surface area contributed by atoms with E-state index < -0.39 is 0 Å². The van der Waals surface area contributed by atoms with Gasteiger partial charge in [-0.3, -0.25) is 0 Å². The SMILES string of the molecule is CC1CCCCC1.Nc1ccccc1. The molecule has 1 aliphatic carbocycles. The minimum atomic E-state index is 0.822. The molecule has 0 atom stereocenters. The fourth-order valence-corrected chi connectivity index (χ4v) is 1.76. The first-order valence-corrected chi connectivity index (χ1v) is 5.59. The highest BCUT2D eigenvalue weighted by atomic mass is 14.5. The van der Waals surface area contributed by atoms with E-state index in [0.29, 0.717) is 0 Å². The Morgan fingerprint density at radius 1 is 1.00 bits per heavy atom. The van der Waals surface area contributed by atoms with Crippen molar-refractivity contribution in [2.24, 2.45) is 5.92 Å². The molecule has 14 heavy (non-hydrogen) atoms. The smallest absolute Gasteiger partial charge is 0.0313 e. The number of para-hydroxylation sites is 1. The molecular formula is C13H21N. The van der Waals surface area contributed by atoms with Crippen LogP contribution in [0.15, 0.2) is 30.3 Å². The molecule has 0 heterocycles. The van der Waals surface area contributed by atoms with E-state index in [1.165, 1.54) is 32.1 Å². The Morgan fingerprint density at radius 3 is 1.86 bits per heavy atom. The third kappa shape index (κ3) is 4.90. The molecule has 0 bridgehead atoms. The lowest BCUT2D eigenvalue weighted by atomic mass is 9.91. The van der Waals surface area contributed by atoms with Crippen molar-refractivity contribution < 1.29 is 0 Å². The maximum absolute atomic E-state index is 5.36. The molecular weight excluding hydrogens is 170 g/mol. The summed E-state index contributed by atoms with van der Waals surface area (Å²) in [7, 11) is 0. The van der Waals surface area contributed by atoms with Gasteiger partial charge in [-0.15, -0.1) is 0 Å². The highest BCUT2D eigenvalue weighted by molar-refractivity contribution is 5.35. The second-order valence-corrected chi connectivity index (χ2v) is 4.15. The van der Waals surface area contributed by atoms with Crippen LogP contribution in [0, 0.1) is 5.92 Å². The first-order valence-electron chi connectivity index (χ1n) is 5.59. The van der Waals surface area contributed by atoms with Gasteiger partial charge in [-0.1, -0.05) is 57.2 Å². The van der Waals surface area contributed by atoms with Gasteiger partial charge in [-0.2, -0.15) is 0 Å². The molecule has 2 N–H and O–H groups in total. The maximum atomic E-state index is 5.36. The Morgan fingerprint density at radius 2 is 1.57 bits per heavy atom. The molecule has 1 aliphatic rings. The molecule has 2 rings (SSSR count). The van der Waals surface area contributed by atoms with Crippen molar-refractivity contribution in [2.45, 2.75) is 39.0 Å². The highest BCUT2D eigenvalue weighted by Crippen LogP contribution is 2.22. The molecule has 1 nitrogen and oxygen atoms in total. The molecule has 0 unspecified atom stereocenters. The zero-order valence-corrected chi connectivity index (χ0v) is 9.08. The topological polar surface area (TPSA) is 26.0 Å². The normalized spacial score (nSPS) is 16.9. The first kappa shape index (κ1) is 11.1. The zero-order chi connectivity index (χ0) is 10.2. The average Bonchev–Trinajstić information content (AvgIpc) is 2.21. The molecule has 1 aromatic rings. The van der Waals surface area contributed by atoms with Crippen LogP contribution in [-0.2, 0) is 0 Å². The first-order chi connectivity index (χ1) is 6.79. The van der Waals surface area contributed by atoms with Gasteiger partial charge in [0, 0.05) is 5.69 Å². The Hall–Kier alpha value is -0.980. The van der Waals surface area contributed by atoms with E-state index in [2.05, 4.69) is 6.92 Å². The van der Waals surface area contributed by atoms with E-state index in [4.69, 9.17) is 5.73 Å². The zero-order valence-electron chi connectivity index (χ0n) is 9.08. The van der Waals surface area contributed by atoms with Crippen LogP contribution in [0.25, 0.3) is 0 Å². The lowest BCUT2D eigenvalue weighted by Crippen LogP contribution is -1.99. The Balaban J connectivity index is 0.000000140. The van der Waals surface area contributed by atoms with Crippen molar-refractivity contribution in [1.82, 2.24) is 0 Å². The number of nitrogens with two attached hydrogens (primary N) is 1. The summed E-state index contributed by atoms with van der Waals surface area (Å²) >= 11 is 0. The van der Waals surface area contributed by atoms with Crippen molar-refractivity contribution in [1.29, 1.82) is 0 Å². The monoisotopic (exact) mass is 191 g/mol. The van der Waals surface area contributed by atoms with Crippen LogP contribution in [0.5, 0.6) is 0 Å². The maximum Gasteiger partial charge on any atom is 0.0313 e. The lowest BCUT2D eigenvalue weighted by Gasteiger charge is -2.15. The third-order valence-electron chi connectivity index (χ3n) is 2.69. The molecule has 0 spiro atoms. The van der Waals surface area contributed by atoms with E-state index in [1.807, 2.05) is 30.3 Å². The molecule has 1 aromatic carbocycles. The predicted molar refractivity (Wildman–Crippen MR) is 63.1 cm³/mol. The van der Waals surface area contributed by atoms with Crippen LogP contribution in [0.3, 0.4) is 0 Å². The van der Waals surface area contributed by atoms with Crippen LogP contribution < -0.4 is 5.73 Å². The summed E-state index contributed by atoms with van der Waals surface area (Å²) in [4.78, 5) is 0. The number of benzene rings is 1. The summed E-state index contributed by atoms with van der Waals surface area (Å²) < 4.78 is 0. The number of anilines is 1. The average molecular weight is 191 g/mol. The Kier molecular flexibility index (Phi) is 5.13. The number of hydrogen-bond donors (Lipinski definition) is 1. The second kappa shape index (κ2) is 6.47. The van der Waals surface area contributed by atoms with Crippen molar-refractivity contribution >= 4 is 5.69 Å². The van der Waals surface area contributed by atoms with Gasteiger partial charge >= 0.3 is 0 Å². The molecule has 0 aliphatic heterocycles. The van der Waals surface area contributed by atoms with Crippen molar-refractivity contribution in [3.63, 3.8) is 0 Å². The summed E-state index contributed by atoms with van der Waals surface area (Å²) in [5.74, 6) is 1.04. The van der Waals surface area contributed by atoms with Gasteiger partial charge in [0.15, 0.2) is 0 Å². The summed E-state index contributed by atoms with van der Waals surface area (Å²) in [5, 5.41) is 0. The molecule has 1 fully saturated rings. The molecule has 78 valence electrons. The van der Waals surface area contributed by atoms with Crippen molar-refractivity contribution in [3.8, 4) is 0 Å². The second-order valence-electron chi connectivity index (χ2n) is 4.15. The van der Waals surface area contributed by atoms with E-state index in [0.717, 1.165) is 11.6 Å². The van der Waals surface area contributed by atoms with Crippen molar-refractivity contribution in [3.05, 3.63) is 30.3 Å². The summed E-state index contributed by atoms with van der Waals surface area (Å²) in [6.45, 7) is 2.36.